The summed E-state index contributed by atoms with van der Waals surface area (Å²) in [6, 6.07) is 1.82. The third-order valence-electron chi connectivity index (χ3n) is 5.24. The van der Waals surface area contributed by atoms with Crippen LogP contribution < -0.4 is 5.32 Å². The smallest absolute Gasteiger partial charge is 0.258 e. The van der Waals surface area contributed by atoms with Gasteiger partial charge >= 0.3 is 0 Å². The van der Waals surface area contributed by atoms with Crippen molar-refractivity contribution < 1.29 is 4.79 Å². The summed E-state index contributed by atoms with van der Waals surface area (Å²) in [5.74, 6) is 0.575. The van der Waals surface area contributed by atoms with E-state index < -0.39 is 0 Å². The number of nitrogens with zero attached hydrogens (tertiary/aromatic N) is 5. The monoisotopic (exact) mass is 398 g/mol. The number of carbonyl (C=O) groups excluding carboxylic acids is 1. The molecular weight excluding hydrogens is 372 g/mol. The fourth-order valence-electron chi connectivity index (χ4n) is 4.01. The number of carbonyl (C=O) groups is 1. The molecule has 0 radical (unpaired) electrons. The van der Waals surface area contributed by atoms with Crippen LogP contribution >= 0.6 is 11.3 Å². The minimum atomic E-state index is -0.168. The molecular formula is C20H26N6OS. The normalized spacial score (nSPS) is 17.9. The van der Waals surface area contributed by atoms with Gasteiger partial charge in [0.05, 0.1) is 22.3 Å². The van der Waals surface area contributed by atoms with Gasteiger partial charge in [0.1, 0.15) is 0 Å². The van der Waals surface area contributed by atoms with Crippen molar-refractivity contribution in [2.24, 2.45) is 13.0 Å². The van der Waals surface area contributed by atoms with E-state index in [4.69, 9.17) is 0 Å². The maximum Gasteiger partial charge on any atom is 0.258 e. The van der Waals surface area contributed by atoms with E-state index >= 15 is 0 Å². The van der Waals surface area contributed by atoms with Crippen LogP contribution in [0.3, 0.4) is 0 Å². The van der Waals surface area contributed by atoms with Gasteiger partial charge in [-0.2, -0.15) is 5.10 Å². The molecule has 28 heavy (non-hydrogen) atoms. The molecule has 1 saturated heterocycles. The van der Waals surface area contributed by atoms with Gasteiger partial charge in [-0.25, -0.2) is 9.97 Å². The van der Waals surface area contributed by atoms with Crippen molar-refractivity contribution in [3.05, 3.63) is 34.1 Å². The largest absolute Gasteiger partial charge is 0.298 e. The Balaban J connectivity index is 1.52. The third kappa shape index (κ3) is 3.79. The van der Waals surface area contributed by atoms with Crippen molar-refractivity contribution >= 4 is 33.4 Å². The molecule has 1 aliphatic heterocycles. The van der Waals surface area contributed by atoms with E-state index in [1.165, 1.54) is 24.2 Å². The number of thiazole rings is 1. The molecule has 0 bridgehead atoms. The van der Waals surface area contributed by atoms with Crippen molar-refractivity contribution in [3.63, 3.8) is 0 Å². The van der Waals surface area contributed by atoms with Crippen molar-refractivity contribution in [1.29, 1.82) is 0 Å². The second-order valence-electron chi connectivity index (χ2n) is 7.80. The van der Waals surface area contributed by atoms with Crippen molar-refractivity contribution in [1.82, 2.24) is 24.6 Å². The molecule has 1 amide bonds. The molecule has 8 heteroatoms. The Morgan fingerprint density at radius 2 is 2.18 bits per heavy atom. The first-order valence-electron chi connectivity index (χ1n) is 9.69. The van der Waals surface area contributed by atoms with Crippen LogP contribution in [0.1, 0.15) is 47.2 Å². The highest BCUT2D eigenvalue weighted by Gasteiger charge is 2.20. The molecule has 0 spiro atoms. The van der Waals surface area contributed by atoms with E-state index in [0.29, 0.717) is 10.7 Å². The van der Waals surface area contributed by atoms with Crippen LogP contribution in [0.15, 0.2) is 11.4 Å². The number of rotatable bonds is 4. The van der Waals surface area contributed by atoms with Crippen LogP contribution in [0, 0.1) is 19.8 Å². The van der Waals surface area contributed by atoms with Gasteiger partial charge < -0.3 is 0 Å². The Hall–Kier alpha value is -2.32. The summed E-state index contributed by atoms with van der Waals surface area (Å²) in [5.41, 5.74) is 3.92. The van der Waals surface area contributed by atoms with Gasteiger partial charge in [0.25, 0.3) is 5.91 Å². The van der Waals surface area contributed by atoms with Crippen molar-refractivity contribution in [2.45, 2.75) is 40.2 Å². The molecule has 0 aliphatic carbocycles. The van der Waals surface area contributed by atoms with Gasteiger partial charge in [-0.05, 0) is 45.2 Å². The zero-order valence-corrected chi connectivity index (χ0v) is 17.6. The zero-order valence-electron chi connectivity index (χ0n) is 16.8. The van der Waals surface area contributed by atoms with Crippen LogP contribution in [0.4, 0.5) is 5.13 Å². The van der Waals surface area contributed by atoms with Crippen LogP contribution in [-0.2, 0) is 13.6 Å². The Bertz CT molecular complexity index is 1020. The lowest BCUT2D eigenvalue weighted by atomic mass is 10.0. The fourth-order valence-corrected chi connectivity index (χ4v) is 4.71. The molecule has 1 fully saturated rings. The Labute approximate surface area is 168 Å². The summed E-state index contributed by atoms with van der Waals surface area (Å²) in [7, 11) is 1.85. The molecule has 1 N–H and O–H groups in total. The minimum absolute atomic E-state index is 0.168. The SMILES string of the molecule is Cc1cc(C(=O)Nc2nc(CN3CCCC(C)C3)cs2)c2c(C)nn(C)c2n1. The lowest BCUT2D eigenvalue weighted by molar-refractivity contribution is 0.102. The van der Waals surface area contributed by atoms with Crippen LogP contribution in [-0.4, -0.2) is 43.6 Å². The summed E-state index contributed by atoms with van der Waals surface area (Å²) in [6.45, 7) is 9.18. The van der Waals surface area contributed by atoms with Gasteiger partial charge in [0.2, 0.25) is 0 Å². The quantitative estimate of drug-likeness (QED) is 0.728. The number of likely N-dealkylation sites (tertiary alicyclic amines) is 1. The number of piperidine rings is 1. The maximum atomic E-state index is 13.0. The predicted octanol–water partition coefficient (Wildman–Crippen LogP) is 3.53. The van der Waals surface area contributed by atoms with Crippen molar-refractivity contribution in [3.8, 4) is 0 Å². The summed E-state index contributed by atoms with van der Waals surface area (Å²) < 4.78 is 1.72. The number of anilines is 1. The topological polar surface area (TPSA) is 75.9 Å². The van der Waals surface area contributed by atoms with Gasteiger partial charge in [0, 0.05) is 31.2 Å². The average molecular weight is 399 g/mol. The number of hydrogen-bond donors (Lipinski definition) is 1. The zero-order chi connectivity index (χ0) is 19.8. The first-order valence-corrected chi connectivity index (χ1v) is 10.6. The summed E-state index contributed by atoms with van der Waals surface area (Å²) in [4.78, 5) is 24.6. The molecule has 1 atom stereocenters. The highest BCUT2D eigenvalue weighted by Crippen LogP contribution is 2.25. The van der Waals surface area contributed by atoms with Crippen LogP contribution in [0.2, 0.25) is 0 Å². The Kier molecular flexibility index (Phi) is 5.16. The summed E-state index contributed by atoms with van der Waals surface area (Å²) in [5, 5.41) is 10.8. The molecule has 1 unspecified atom stereocenters. The van der Waals surface area contributed by atoms with Crippen LogP contribution in [0.25, 0.3) is 11.0 Å². The second kappa shape index (κ2) is 7.60. The van der Waals surface area contributed by atoms with Gasteiger partial charge in [-0.15, -0.1) is 11.3 Å². The molecule has 148 valence electrons. The number of nitrogens with one attached hydrogen (secondary N) is 1. The third-order valence-corrected chi connectivity index (χ3v) is 6.05. The van der Waals surface area contributed by atoms with Crippen LogP contribution in [0.5, 0.6) is 0 Å². The molecule has 0 saturated carbocycles. The lowest BCUT2D eigenvalue weighted by Crippen LogP contribution is -2.33. The van der Waals surface area contributed by atoms with Gasteiger partial charge in [-0.3, -0.25) is 19.7 Å². The van der Waals surface area contributed by atoms with E-state index in [-0.39, 0.29) is 5.91 Å². The molecule has 4 heterocycles. The summed E-state index contributed by atoms with van der Waals surface area (Å²) >= 11 is 1.47. The predicted molar refractivity (Wildman–Crippen MR) is 112 cm³/mol. The standard InChI is InChI=1S/C20H26N6OS/c1-12-6-5-7-26(9-12)10-15-11-28-20(22-15)23-19(27)16-8-13(2)21-18-17(16)14(3)24-25(18)4/h8,11-12H,5-7,9-10H2,1-4H3,(H,22,23,27). The lowest BCUT2D eigenvalue weighted by Gasteiger charge is -2.30. The molecule has 7 nitrogen and oxygen atoms in total. The molecule has 3 aromatic heterocycles. The van der Waals surface area contributed by atoms with E-state index in [2.05, 4.69) is 32.2 Å². The average Bonchev–Trinajstić information content (AvgIpc) is 3.18. The van der Waals surface area contributed by atoms with E-state index in [1.54, 1.807) is 4.68 Å². The van der Waals surface area contributed by atoms with Gasteiger partial charge in [0.15, 0.2) is 10.8 Å². The molecule has 0 aromatic carbocycles. The highest BCUT2D eigenvalue weighted by molar-refractivity contribution is 7.14. The Morgan fingerprint density at radius 1 is 1.36 bits per heavy atom. The highest BCUT2D eigenvalue weighted by atomic mass is 32.1. The fraction of sp³-hybridized carbons (Fsp3) is 0.500. The number of pyridine rings is 1. The second-order valence-corrected chi connectivity index (χ2v) is 8.66. The Morgan fingerprint density at radius 3 is 2.96 bits per heavy atom. The molecule has 4 rings (SSSR count). The van der Waals surface area contributed by atoms with E-state index in [1.807, 2.05) is 32.3 Å². The molecule has 3 aromatic rings. The minimum Gasteiger partial charge on any atom is -0.298 e. The first kappa shape index (κ1) is 19.0. The number of hydrogen-bond acceptors (Lipinski definition) is 6. The first-order chi connectivity index (χ1) is 13.4. The number of aromatic nitrogens is 4. The maximum absolute atomic E-state index is 13.0. The number of aryl methyl sites for hydroxylation is 3. The molecule has 1 aliphatic rings. The number of amides is 1. The van der Waals surface area contributed by atoms with Crippen molar-refractivity contribution in [2.75, 3.05) is 18.4 Å². The number of fused-ring (bicyclic) bond motifs is 1. The van der Waals surface area contributed by atoms with E-state index in [0.717, 1.165) is 53.7 Å². The summed E-state index contributed by atoms with van der Waals surface area (Å²) in [6.07, 6.45) is 2.55. The van der Waals surface area contributed by atoms with Gasteiger partial charge in [-0.1, -0.05) is 6.92 Å². The van der Waals surface area contributed by atoms with E-state index in [9.17, 15) is 4.79 Å².